The Morgan fingerprint density at radius 1 is 1.30 bits per heavy atom. The third kappa shape index (κ3) is 9.11. The molecule has 2 N–H and O–H groups in total. The maximum absolute atomic E-state index is 12.6. The van der Waals surface area contributed by atoms with Gasteiger partial charge in [0.15, 0.2) is 6.17 Å². The zero-order valence-corrected chi connectivity index (χ0v) is 12.3. The van der Waals surface area contributed by atoms with E-state index in [1.54, 1.807) is 6.92 Å². The molecule has 0 amide bonds. The molecular formula is C12H22F3NO3S. The molecule has 0 radical (unpaired) electrons. The molecule has 0 saturated carbocycles. The summed E-state index contributed by atoms with van der Waals surface area (Å²) in [6, 6.07) is 0. The third-order valence-corrected chi connectivity index (χ3v) is 3.04. The van der Waals surface area contributed by atoms with Crippen molar-refractivity contribution < 1.29 is 26.1 Å². The van der Waals surface area contributed by atoms with E-state index in [2.05, 4.69) is 18.5 Å². The first kappa shape index (κ1) is 21.4. The fourth-order valence-corrected chi connectivity index (χ4v) is 1.44. The Hall–Kier alpha value is -0.860. The second kappa shape index (κ2) is 10.9. The van der Waals surface area contributed by atoms with Gasteiger partial charge in [0, 0.05) is 13.1 Å². The summed E-state index contributed by atoms with van der Waals surface area (Å²) in [6.45, 7) is 10.5. The first-order chi connectivity index (χ1) is 9.15. The molecule has 120 valence electrons. The number of hydrogen-bond acceptors (Lipinski definition) is 3. The lowest BCUT2D eigenvalue weighted by Gasteiger charge is -2.16. The summed E-state index contributed by atoms with van der Waals surface area (Å²) in [5.41, 5.74) is 0. The summed E-state index contributed by atoms with van der Waals surface area (Å²) in [6.07, 6.45) is 0.840. The van der Waals surface area contributed by atoms with Crippen molar-refractivity contribution in [3.63, 3.8) is 0 Å². The summed E-state index contributed by atoms with van der Waals surface area (Å²) in [4.78, 5) is 0. The first-order valence-electron chi connectivity index (χ1n) is 6.06. The Morgan fingerprint density at radius 3 is 2.05 bits per heavy atom. The van der Waals surface area contributed by atoms with Crippen molar-refractivity contribution in [2.45, 2.75) is 37.6 Å². The van der Waals surface area contributed by atoms with E-state index in [1.165, 1.54) is 0 Å². The van der Waals surface area contributed by atoms with Crippen LogP contribution >= 0.6 is 0 Å². The van der Waals surface area contributed by atoms with E-state index in [4.69, 9.17) is 4.55 Å². The van der Waals surface area contributed by atoms with Crippen molar-refractivity contribution in [1.82, 2.24) is 5.32 Å². The third-order valence-electron chi connectivity index (χ3n) is 2.10. The van der Waals surface area contributed by atoms with Crippen LogP contribution in [-0.2, 0) is 10.1 Å². The Labute approximate surface area is 118 Å². The minimum absolute atomic E-state index is 0.145. The molecule has 0 fully saturated rings. The van der Waals surface area contributed by atoms with Gasteiger partial charge in [-0.1, -0.05) is 31.9 Å². The fourth-order valence-electron chi connectivity index (χ4n) is 1.00. The standard InChI is InChI=1S/C6H11F3O3S.C6H11N/c1-2-3-4-5(7)6(8,9)13(10,11)12;1-3-5-7-6-4-2/h5H,2-4H2,1H3,(H,10,11,12);3-4,7H,1-2,5-6H2. The Kier molecular flexibility index (Phi) is 11.7. The molecule has 1 atom stereocenters. The number of hydrogen-bond donors (Lipinski definition) is 2. The van der Waals surface area contributed by atoms with Gasteiger partial charge in [-0.3, -0.25) is 4.55 Å². The molecule has 0 rings (SSSR count). The average molecular weight is 317 g/mol. The van der Waals surface area contributed by atoms with Gasteiger partial charge in [0.2, 0.25) is 0 Å². The van der Waals surface area contributed by atoms with Crippen molar-refractivity contribution in [3.8, 4) is 0 Å². The molecule has 20 heavy (non-hydrogen) atoms. The van der Waals surface area contributed by atoms with E-state index in [1.807, 2.05) is 12.2 Å². The smallest absolute Gasteiger partial charge is 0.310 e. The van der Waals surface area contributed by atoms with Crippen molar-refractivity contribution in [1.29, 1.82) is 0 Å². The zero-order valence-electron chi connectivity index (χ0n) is 11.5. The lowest BCUT2D eigenvalue weighted by molar-refractivity contribution is -0.00689. The SMILES string of the molecule is C=CCNCC=C.CCCCC(F)C(F)(F)S(=O)(=O)O. The van der Waals surface area contributed by atoms with Crippen LogP contribution in [0.15, 0.2) is 25.3 Å². The number of alkyl halides is 3. The number of nitrogens with one attached hydrogen (secondary N) is 1. The first-order valence-corrected chi connectivity index (χ1v) is 7.50. The van der Waals surface area contributed by atoms with E-state index in [0.717, 1.165) is 13.1 Å². The molecule has 0 heterocycles. The molecule has 0 aliphatic rings. The summed E-state index contributed by atoms with van der Waals surface area (Å²) >= 11 is 0. The van der Waals surface area contributed by atoms with Crippen LogP contribution in [0, 0.1) is 0 Å². The van der Waals surface area contributed by atoms with E-state index < -0.39 is 28.0 Å². The Bertz CT molecular complexity index is 364. The van der Waals surface area contributed by atoms with Crippen LogP contribution in [0.3, 0.4) is 0 Å². The van der Waals surface area contributed by atoms with Gasteiger partial charge in [-0.15, -0.1) is 13.2 Å². The normalized spacial score (nSPS) is 13.1. The maximum atomic E-state index is 12.6. The van der Waals surface area contributed by atoms with Gasteiger partial charge in [-0.25, -0.2) is 4.39 Å². The Balaban J connectivity index is 0. The largest absolute Gasteiger partial charge is 0.400 e. The van der Waals surface area contributed by atoms with Crippen molar-refractivity contribution in [3.05, 3.63) is 25.3 Å². The lowest BCUT2D eigenvalue weighted by Crippen LogP contribution is -2.38. The zero-order chi connectivity index (χ0) is 16.2. The molecule has 4 nitrogen and oxygen atoms in total. The minimum atomic E-state index is -5.64. The van der Waals surface area contributed by atoms with Crippen LogP contribution in [-0.4, -0.2) is 37.5 Å². The molecule has 0 aromatic carbocycles. The number of unbranched alkanes of at least 4 members (excludes halogenated alkanes) is 1. The molecule has 0 aliphatic heterocycles. The summed E-state index contributed by atoms with van der Waals surface area (Å²) in [7, 11) is -5.64. The van der Waals surface area contributed by atoms with Gasteiger partial charge in [0.1, 0.15) is 0 Å². The van der Waals surface area contributed by atoms with Crippen LogP contribution in [0.4, 0.5) is 13.2 Å². The summed E-state index contributed by atoms with van der Waals surface area (Å²) in [5, 5.41) is -1.64. The van der Waals surface area contributed by atoms with Gasteiger partial charge in [0.25, 0.3) is 0 Å². The van der Waals surface area contributed by atoms with Crippen LogP contribution in [0.25, 0.3) is 0 Å². The lowest BCUT2D eigenvalue weighted by atomic mass is 10.2. The molecule has 8 heteroatoms. The maximum Gasteiger partial charge on any atom is 0.400 e. The van der Waals surface area contributed by atoms with Gasteiger partial charge in [-0.2, -0.15) is 17.2 Å². The predicted octanol–water partition coefficient (Wildman–Crippen LogP) is 2.94. The van der Waals surface area contributed by atoms with Gasteiger partial charge in [0.05, 0.1) is 0 Å². The molecule has 0 aromatic heterocycles. The molecule has 0 aliphatic carbocycles. The highest BCUT2D eigenvalue weighted by Gasteiger charge is 2.51. The molecule has 0 aromatic rings. The van der Waals surface area contributed by atoms with Gasteiger partial charge in [-0.05, 0) is 6.42 Å². The highest BCUT2D eigenvalue weighted by molar-refractivity contribution is 7.86. The van der Waals surface area contributed by atoms with Crippen LogP contribution in [0.1, 0.15) is 26.2 Å². The molecule has 1 unspecified atom stereocenters. The number of halogens is 3. The Morgan fingerprint density at radius 2 is 1.75 bits per heavy atom. The molecular weight excluding hydrogens is 295 g/mol. The highest BCUT2D eigenvalue weighted by Crippen LogP contribution is 2.30. The highest BCUT2D eigenvalue weighted by atomic mass is 32.2. The molecule has 0 saturated heterocycles. The van der Waals surface area contributed by atoms with Crippen molar-refractivity contribution >= 4 is 10.1 Å². The quantitative estimate of drug-likeness (QED) is 0.390. The van der Waals surface area contributed by atoms with Crippen LogP contribution < -0.4 is 5.32 Å². The number of rotatable bonds is 9. The fraction of sp³-hybridized carbons (Fsp3) is 0.667. The topological polar surface area (TPSA) is 66.4 Å². The average Bonchev–Trinajstić information content (AvgIpc) is 2.36. The predicted molar refractivity (Wildman–Crippen MR) is 74.2 cm³/mol. The molecule has 0 spiro atoms. The van der Waals surface area contributed by atoms with Crippen LogP contribution in [0.2, 0.25) is 0 Å². The van der Waals surface area contributed by atoms with Crippen LogP contribution in [0.5, 0.6) is 0 Å². The minimum Gasteiger partial charge on any atom is -0.310 e. The summed E-state index contributed by atoms with van der Waals surface area (Å²) in [5.74, 6) is 0. The second-order valence-corrected chi connectivity index (χ2v) is 5.38. The second-order valence-electron chi connectivity index (χ2n) is 3.88. The van der Waals surface area contributed by atoms with Gasteiger partial charge < -0.3 is 5.32 Å². The van der Waals surface area contributed by atoms with Crippen molar-refractivity contribution in [2.75, 3.05) is 13.1 Å². The van der Waals surface area contributed by atoms with E-state index in [-0.39, 0.29) is 6.42 Å². The van der Waals surface area contributed by atoms with Gasteiger partial charge >= 0.3 is 15.4 Å². The molecule has 0 bridgehead atoms. The van der Waals surface area contributed by atoms with E-state index in [9.17, 15) is 21.6 Å². The van der Waals surface area contributed by atoms with E-state index in [0.29, 0.717) is 6.42 Å². The summed E-state index contributed by atoms with van der Waals surface area (Å²) < 4.78 is 65.5. The van der Waals surface area contributed by atoms with Crippen molar-refractivity contribution in [2.24, 2.45) is 0 Å². The monoisotopic (exact) mass is 317 g/mol. The van der Waals surface area contributed by atoms with E-state index >= 15 is 0 Å².